The molecule has 3 heterocycles. The Morgan fingerprint density at radius 1 is 0.547 bits per heavy atom. The largest absolute Gasteiger partial charge is 0.394 e. The maximum atomic E-state index is 13.6. The summed E-state index contributed by atoms with van der Waals surface area (Å²) in [6.07, 6.45) is -21.2. The lowest BCUT2D eigenvalue weighted by Crippen LogP contribution is -2.60. The number of unbranched alkanes of at least 4 members (excludes halogenated alkanes) is 2. The van der Waals surface area contributed by atoms with Crippen molar-refractivity contribution in [1.82, 2.24) is 20.9 Å². The van der Waals surface area contributed by atoms with Gasteiger partial charge in [-0.15, -0.1) is 0 Å². The topological polar surface area (TPSA) is 406 Å². The SMILES string of the molecule is CCC(=O)CCCCCNC(=O)CN(CC(=O)NCCO[C@@H]1O[C@H](CO)[C@@H](O)[C@H](O)[C@@H]1O)CC(=O)N[C@H](CCO[C@H]1O[C@H](CO)[C@@H](O)[C@H](O)[C@@H]1O)CO[C@H]1O[C@H](CO)[C@@H](O)[C@H](O)[C@@H]1O. The Hall–Kier alpha value is -2.68. The molecule has 0 aromatic rings. The second kappa shape index (κ2) is 28.5. The first-order valence-corrected chi connectivity index (χ1v) is 21.3. The molecule has 26 heteroatoms. The van der Waals surface area contributed by atoms with E-state index in [0.717, 1.165) is 0 Å². The second-order valence-electron chi connectivity index (χ2n) is 15.8. The van der Waals surface area contributed by atoms with Crippen molar-refractivity contribution < 1.29 is 109 Å². The Balaban J connectivity index is 1.67. The molecule has 3 saturated heterocycles. The fourth-order valence-electron chi connectivity index (χ4n) is 6.91. The van der Waals surface area contributed by atoms with Gasteiger partial charge >= 0.3 is 0 Å². The lowest BCUT2D eigenvalue weighted by Gasteiger charge is -2.40. The molecule has 16 atom stereocenters. The van der Waals surface area contributed by atoms with E-state index in [1.165, 1.54) is 4.90 Å². The van der Waals surface area contributed by atoms with E-state index in [4.69, 9.17) is 28.4 Å². The number of ether oxygens (including phenoxy) is 6. The van der Waals surface area contributed by atoms with E-state index < -0.39 is 162 Å². The zero-order valence-corrected chi connectivity index (χ0v) is 35.7. The van der Waals surface area contributed by atoms with Crippen LogP contribution in [0.5, 0.6) is 0 Å². The third-order valence-electron chi connectivity index (χ3n) is 10.8. The van der Waals surface area contributed by atoms with Crippen LogP contribution in [0.4, 0.5) is 0 Å². The molecule has 0 unspecified atom stereocenters. The van der Waals surface area contributed by atoms with Gasteiger partial charge in [-0.25, -0.2) is 0 Å². The Bertz CT molecular complexity index is 1400. The van der Waals surface area contributed by atoms with Gasteiger partial charge in [-0.2, -0.15) is 0 Å². The number of amides is 3. The molecule has 26 nitrogen and oxygen atoms in total. The van der Waals surface area contributed by atoms with Crippen LogP contribution in [0.15, 0.2) is 0 Å². The van der Waals surface area contributed by atoms with Crippen LogP contribution in [0, 0.1) is 0 Å². The van der Waals surface area contributed by atoms with Gasteiger partial charge in [0.2, 0.25) is 17.7 Å². The van der Waals surface area contributed by atoms with Gasteiger partial charge in [-0.1, -0.05) is 13.3 Å². The van der Waals surface area contributed by atoms with E-state index >= 15 is 0 Å². The summed E-state index contributed by atoms with van der Waals surface area (Å²) in [5, 5.41) is 128. The first-order valence-electron chi connectivity index (χ1n) is 21.3. The lowest BCUT2D eigenvalue weighted by molar-refractivity contribution is -0.304. The van der Waals surface area contributed by atoms with Crippen molar-refractivity contribution in [1.29, 1.82) is 0 Å². The molecule has 0 radical (unpaired) electrons. The minimum Gasteiger partial charge on any atom is -0.394 e. The van der Waals surface area contributed by atoms with Crippen molar-refractivity contribution in [3.63, 3.8) is 0 Å². The van der Waals surface area contributed by atoms with Gasteiger partial charge < -0.3 is 106 Å². The van der Waals surface area contributed by atoms with Crippen molar-refractivity contribution in [2.24, 2.45) is 0 Å². The van der Waals surface area contributed by atoms with E-state index in [1.807, 2.05) is 0 Å². The highest BCUT2D eigenvalue weighted by Gasteiger charge is 2.46. The van der Waals surface area contributed by atoms with E-state index in [0.29, 0.717) is 32.1 Å². The van der Waals surface area contributed by atoms with Crippen molar-refractivity contribution in [3.05, 3.63) is 0 Å². The van der Waals surface area contributed by atoms with Crippen LogP contribution in [0.25, 0.3) is 0 Å². The van der Waals surface area contributed by atoms with Crippen LogP contribution in [0.3, 0.4) is 0 Å². The molecule has 0 aromatic heterocycles. The van der Waals surface area contributed by atoms with Crippen LogP contribution in [0.1, 0.15) is 45.4 Å². The molecule has 3 amide bonds. The number of Topliss-reactive ketones (excluding diaryl/α,β-unsaturated/α-hetero) is 1. The molecule has 3 aliphatic rings. The Labute approximate surface area is 368 Å². The quantitative estimate of drug-likeness (QED) is 0.0324. The number of carbonyl (C=O) groups excluding carboxylic acids is 4. The predicted molar refractivity (Wildman–Crippen MR) is 212 cm³/mol. The molecular formula is C38H68N4O22. The number of aliphatic hydroxyl groups is 12. The maximum absolute atomic E-state index is 13.6. The summed E-state index contributed by atoms with van der Waals surface area (Å²) in [4.78, 5) is 52.5. The first kappa shape index (κ1) is 55.6. The Morgan fingerprint density at radius 2 is 0.984 bits per heavy atom. The summed E-state index contributed by atoms with van der Waals surface area (Å²) in [6.45, 7) is -2.97. The van der Waals surface area contributed by atoms with Crippen LogP contribution < -0.4 is 16.0 Å². The molecule has 0 aliphatic carbocycles. The number of rotatable bonds is 28. The van der Waals surface area contributed by atoms with Gasteiger partial charge in [0.25, 0.3) is 0 Å². The summed E-state index contributed by atoms with van der Waals surface area (Å²) < 4.78 is 32.6. The minimum atomic E-state index is -1.80. The minimum absolute atomic E-state index is 0.126. The zero-order valence-electron chi connectivity index (χ0n) is 35.7. The molecule has 0 spiro atoms. The molecule has 64 heavy (non-hydrogen) atoms. The number of carbonyl (C=O) groups is 4. The average molecular weight is 933 g/mol. The van der Waals surface area contributed by atoms with Crippen molar-refractivity contribution in [3.8, 4) is 0 Å². The lowest BCUT2D eigenvalue weighted by atomic mass is 9.99. The van der Waals surface area contributed by atoms with Gasteiger partial charge in [0.1, 0.15) is 79.0 Å². The van der Waals surface area contributed by atoms with Crippen LogP contribution in [-0.4, -0.2) is 260 Å². The van der Waals surface area contributed by atoms with Crippen LogP contribution in [-0.2, 0) is 47.6 Å². The van der Waals surface area contributed by atoms with Crippen molar-refractivity contribution in [2.45, 2.75) is 144 Å². The Morgan fingerprint density at radius 3 is 1.45 bits per heavy atom. The number of ketones is 1. The highest BCUT2D eigenvalue weighted by molar-refractivity contribution is 5.84. The molecule has 0 aromatic carbocycles. The molecule has 3 aliphatic heterocycles. The van der Waals surface area contributed by atoms with E-state index in [-0.39, 0.29) is 38.5 Å². The monoisotopic (exact) mass is 932 g/mol. The number of nitrogens with one attached hydrogen (secondary N) is 3. The molecule has 15 N–H and O–H groups in total. The third kappa shape index (κ3) is 17.2. The fraction of sp³-hybridized carbons (Fsp3) is 0.895. The number of aliphatic hydroxyl groups excluding tert-OH is 12. The van der Waals surface area contributed by atoms with E-state index in [2.05, 4.69) is 16.0 Å². The van der Waals surface area contributed by atoms with Crippen LogP contribution in [0.2, 0.25) is 0 Å². The van der Waals surface area contributed by atoms with Gasteiger partial charge in [-0.05, 0) is 19.3 Å². The average Bonchev–Trinajstić information content (AvgIpc) is 3.27. The third-order valence-corrected chi connectivity index (χ3v) is 10.8. The summed E-state index contributed by atoms with van der Waals surface area (Å²) in [6, 6.07) is -1.06. The molecule has 372 valence electrons. The molecule has 3 fully saturated rings. The van der Waals surface area contributed by atoms with E-state index in [1.54, 1.807) is 6.92 Å². The van der Waals surface area contributed by atoms with Gasteiger partial charge in [0.15, 0.2) is 18.9 Å². The number of nitrogens with zero attached hydrogens (tertiary/aromatic N) is 1. The van der Waals surface area contributed by atoms with Crippen molar-refractivity contribution in [2.75, 3.05) is 72.4 Å². The number of hydrogen-bond donors (Lipinski definition) is 15. The fourth-order valence-corrected chi connectivity index (χ4v) is 6.91. The van der Waals surface area contributed by atoms with Gasteiger partial charge in [0.05, 0.1) is 65.3 Å². The first-order chi connectivity index (χ1) is 30.4. The molecule has 0 saturated carbocycles. The highest BCUT2D eigenvalue weighted by Crippen LogP contribution is 2.25. The summed E-state index contributed by atoms with van der Waals surface area (Å²) >= 11 is 0. The molecular weight excluding hydrogens is 864 g/mol. The summed E-state index contributed by atoms with van der Waals surface area (Å²) in [5.41, 5.74) is 0. The normalized spacial score (nSPS) is 33.7. The standard InChI is InChI=1S/C38H68N4O22/c1-2-20(46)6-4-3-5-8-39-24(47)12-42(13-25(48)40-9-11-60-37-34(57)31(54)28(51)22(16-44)63-37)14-26(49)41-19(18-61-38-35(58)32(55)29(52)23(17-45)64-38)7-10-59-36-33(56)30(53)27(50)21(15-43)62-36/h19,21-23,27-38,43-45,50-58H,2-18H2,1H3,(H,39,47)(H,40,48)(H,41,49)/t19-,21-,22-,23-,27-,28-,29-,30+,31+,32+,33+,34+,35+,36+,37-,38+/m1/s1. The van der Waals surface area contributed by atoms with Crippen LogP contribution >= 0.6 is 0 Å². The molecule has 3 rings (SSSR count). The maximum Gasteiger partial charge on any atom is 0.234 e. The molecule has 0 bridgehead atoms. The van der Waals surface area contributed by atoms with Gasteiger partial charge in [0, 0.05) is 25.9 Å². The number of hydrogen-bond acceptors (Lipinski definition) is 23. The summed E-state index contributed by atoms with van der Waals surface area (Å²) in [7, 11) is 0. The van der Waals surface area contributed by atoms with E-state index in [9.17, 15) is 80.5 Å². The second-order valence-corrected chi connectivity index (χ2v) is 15.8. The van der Waals surface area contributed by atoms with Gasteiger partial charge in [-0.3, -0.25) is 24.1 Å². The highest BCUT2D eigenvalue weighted by atomic mass is 16.7. The zero-order chi connectivity index (χ0) is 47.5. The Kier molecular flexibility index (Phi) is 24.8. The predicted octanol–water partition coefficient (Wildman–Crippen LogP) is -8.62. The smallest absolute Gasteiger partial charge is 0.234 e. The summed E-state index contributed by atoms with van der Waals surface area (Å²) in [5.74, 6) is -1.89. The van der Waals surface area contributed by atoms with Crippen molar-refractivity contribution >= 4 is 23.5 Å².